The molecule has 1 fully saturated rings. The molecule has 3 aromatic rings. The van der Waals surface area contributed by atoms with Gasteiger partial charge in [-0.25, -0.2) is 4.79 Å². The van der Waals surface area contributed by atoms with E-state index >= 15 is 0 Å². The van der Waals surface area contributed by atoms with E-state index < -0.39 is 59.6 Å². The summed E-state index contributed by atoms with van der Waals surface area (Å²) in [5.74, 6) is -4.24. The number of aromatic hydroxyl groups is 3. The number of aliphatic carboxylic acids is 1. The van der Waals surface area contributed by atoms with Gasteiger partial charge in [-0.05, 0) is 18.2 Å². The van der Waals surface area contributed by atoms with E-state index in [1.54, 1.807) is 0 Å². The van der Waals surface area contributed by atoms with Crippen LogP contribution in [0.1, 0.15) is 6.92 Å². The third-order valence-corrected chi connectivity index (χ3v) is 5.37. The molecule has 190 valence electrons. The number of ether oxygens (including phenoxy) is 3. The van der Waals surface area contributed by atoms with Gasteiger partial charge >= 0.3 is 11.9 Å². The fourth-order valence-corrected chi connectivity index (χ4v) is 3.75. The van der Waals surface area contributed by atoms with Gasteiger partial charge in [0, 0.05) is 30.7 Å². The lowest BCUT2D eigenvalue weighted by Gasteiger charge is -2.40. The number of hydrogen-bond acceptors (Lipinski definition) is 12. The average Bonchev–Trinajstić information content (AvgIpc) is 2.78. The zero-order valence-corrected chi connectivity index (χ0v) is 18.4. The highest BCUT2D eigenvalue weighted by atomic mass is 16.7. The summed E-state index contributed by atoms with van der Waals surface area (Å²) in [4.78, 5) is 35.4. The van der Waals surface area contributed by atoms with Crippen molar-refractivity contribution in [3.63, 3.8) is 0 Å². The molecule has 36 heavy (non-hydrogen) atoms. The molecule has 0 radical (unpaired) electrons. The highest BCUT2D eigenvalue weighted by molar-refractivity contribution is 5.86. The maximum absolute atomic E-state index is 12.5. The monoisotopic (exact) mass is 504 g/mol. The minimum Gasteiger partial charge on any atom is -0.508 e. The van der Waals surface area contributed by atoms with Gasteiger partial charge in [0.2, 0.25) is 6.29 Å². The molecule has 0 amide bonds. The van der Waals surface area contributed by atoms with Gasteiger partial charge in [-0.1, -0.05) is 0 Å². The number of aliphatic hydroxyl groups is 2. The smallest absolute Gasteiger partial charge is 0.335 e. The van der Waals surface area contributed by atoms with E-state index in [0.717, 1.165) is 31.2 Å². The van der Waals surface area contributed by atoms with Crippen molar-refractivity contribution in [1.29, 1.82) is 0 Å². The predicted octanol–water partition coefficient (Wildman–Crippen LogP) is 0.419. The topological polar surface area (TPSA) is 213 Å². The van der Waals surface area contributed by atoms with Crippen LogP contribution in [0.25, 0.3) is 22.3 Å². The maximum atomic E-state index is 12.5. The summed E-state index contributed by atoms with van der Waals surface area (Å²) in [5, 5.41) is 59.8. The summed E-state index contributed by atoms with van der Waals surface area (Å²) < 4.78 is 21.1. The quantitative estimate of drug-likeness (QED) is 0.260. The van der Waals surface area contributed by atoms with Crippen molar-refractivity contribution >= 4 is 22.9 Å². The van der Waals surface area contributed by atoms with E-state index in [9.17, 15) is 45.0 Å². The molecule has 13 heteroatoms. The normalized spacial score (nSPS) is 23.8. The van der Waals surface area contributed by atoms with Crippen molar-refractivity contribution in [1.82, 2.24) is 0 Å². The Kier molecular flexibility index (Phi) is 6.45. The molecule has 0 unspecified atom stereocenters. The van der Waals surface area contributed by atoms with Crippen LogP contribution in [0.5, 0.6) is 23.0 Å². The van der Waals surface area contributed by atoms with Crippen molar-refractivity contribution in [3.05, 3.63) is 46.6 Å². The number of rotatable bonds is 5. The number of esters is 1. The van der Waals surface area contributed by atoms with Gasteiger partial charge in [0.15, 0.2) is 35.2 Å². The van der Waals surface area contributed by atoms with Crippen molar-refractivity contribution in [2.45, 2.75) is 37.6 Å². The Morgan fingerprint density at radius 3 is 2.36 bits per heavy atom. The number of hydrogen-bond donors (Lipinski definition) is 6. The molecule has 1 aromatic heterocycles. The largest absolute Gasteiger partial charge is 0.508 e. The number of benzene rings is 2. The Morgan fingerprint density at radius 1 is 0.972 bits per heavy atom. The lowest BCUT2D eigenvalue weighted by atomic mass is 9.98. The minimum absolute atomic E-state index is 0.0518. The number of aliphatic hydroxyl groups excluding tert-OH is 2. The first-order chi connectivity index (χ1) is 17.0. The number of fused-ring (bicyclic) bond motifs is 1. The number of phenols is 3. The molecule has 1 aliphatic heterocycles. The Hall–Kier alpha value is -4.33. The Labute approximate surface area is 200 Å². The molecule has 0 spiro atoms. The molecule has 0 bridgehead atoms. The Balaban J connectivity index is 1.70. The second kappa shape index (κ2) is 9.37. The van der Waals surface area contributed by atoms with Crippen LogP contribution < -0.4 is 10.2 Å². The predicted molar refractivity (Wildman–Crippen MR) is 117 cm³/mol. The van der Waals surface area contributed by atoms with Crippen LogP contribution in [0.15, 0.2) is 45.6 Å². The molecule has 4 rings (SSSR count). The van der Waals surface area contributed by atoms with Gasteiger partial charge in [-0.2, -0.15) is 0 Å². The van der Waals surface area contributed by atoms with Crippen LogP contribution in [0, 0.1) is 0 Å². The first kappa shape index (κ1) is 24.8. The zero-order valence-electron chi connectivity index (χ0n) is 18.4. The van der Waals surface area contributed by atoms with Gasteiger partial charge < -0.3 is 49.3 Å². The summed E-state index contributed by atoms with van der Waals surface area (Å²) in [6.07, 6.45) is -9.23. The van der Waals surface area contributed by atoms with Gasteiger partial charge in [0.25, 0.3) is 0 Å². The van der Waals surface area contributed by atoms with Crippen LogP contribution in [0.4, 0.5) is 0 Å². The average molecular weight is 504 g/mol. The van der Waals surface area contributed by atoms with Gasteiger partial charge in [-0.15, -0.1) is 0 Å². The van der Waals surface area contributed by atoms with Crippen molar-refractivity contribution < 1.29 is 58.9 Å². The molecule has 2 aromatic carbocycles. The number of carbonyl (C=O) groups is 2. The zero-order chi connectivity index (χ0) is 26.3. The highest BCUT2D eigenvalue weighted by Gasteiger charge is 2.50. The van der Waals surface area contributed by atoms with Crippen LogP contribution in [0.2, 0.25) is 0 Å². The Morgan fingerprint density at radius 2 is 1.69 bits per heavy atom. The van der Waals surface area contributed by atoms with Crippen molar-refractivity contribution in [3.8, 4) is 34.3 Å². The van der Waals surface area contributed by atoms with E-state index in [4.69, 9.17) is 18.6 Å². The molecule has 0 aliphatic carbocycles. The van der Waals surface area contributed by atoms with Crippen LogP contribution in [-0.2, 0) is 19.1 Å². The molecule has 1 saturated heterocycles. The fourth-order valence-electron chi connectivity index (χ4n) is 3.75. The third kappa shape index (κ3) is 4.62. The van der Waals surface area contributed by atoms with Crippen molar-refractivity contribution in [2.75, 3.05) is 0 Å². The van der Waals surface area contributed by atoms with Crippen molar-refractivity contribution in [2.24, 2.45) is 0 Å². The van der Waals surface area contributed by atoms with E-state index in [2.05, 4.69) is 0 Å². The van der Waals surface area contributed by atoms with Gasteiger partial charge in [0.1, 0.15) is 34.3 Å². The minimum atomic E-state index is -1.94. The number of carbonyl (C=O) groups excluding carboxylic acids is 1. The van der Waals surface area contributed by atoms with Gasteiger partial charge in [-0.3, -0.25) is 9.59 Å². The maximum Gasteiger partial charge on any atom is 0.335 e. The first-order valence-electron chi connectivity index (χ1n) is 10.4. The first-order valence-corrected chi connectivity index (χ1v) is 10.4. The molecule has 2 heterocycles. The molecule has 5 atom stereocenters. The summed E-state index contributed by atoms with van der Waals surface area (Å²) in [6.45, 7) is 0.993. The van der Waals surface area contributed by atoms with E-state index in [0.29, 0.717) is 0 Å². The van der Waals surface area contributed by atoms with Gasteiger partial charge in [0.05, 0.1) is 0 Å². The lowest BCUT2D eigenvalue weighted by molar-refractivity contribution is -0.275. The number of carboxylic acid groups (broad SMARTS) is 1. The fraction of sp³-hybridized carbons (Fsp3) is 0.261. The molecule has 1 aliphatic rings. The van der Waals surface area contributed by atoms with Crippen LogP contribution in [0.3, 0.4) is 0 Å². The van der Waals surface area contributed by atoms with Crippen LogP contribution >= 0.6 is 0 Å². The standard InChI is InChI=1S/C23H20O13/c1-8(24)33-20-18(29)21(22(31)32)36-23(19(20)30)35-15-4-9(2-3-11(15)26)14-7-13(28)17-12(27)5-10(25)6-16(17)34-14/h2-7,18-21,23,25-27,29-30H,1H3,(H,31,32)/t18-,19+,20-,21-,23+/m0/s1. The molecular weight excluding hydrogens is 484 g/mol. The van der Waals surface area contributed by atoms with Crippen LogP contribution in [-0.4, -0.2) is 73.3 Å². The SMILES string of the molecule is CC(=O)O[C@@H]1[C@@H](O)[C@H](Oc2cc(-c3cc(=O)c4c(O)cc(O)cc4o3)ccc2O)O[C@H](C(=O)O)[C@H]1O. The molecule has 13 nitrogen and oxygen atoms in total. The third-order valence-electron chi connectivity index (χ3n) is 5.37. The summed E-state index contributed by atoms with van der Waals surface area (Å²) >= 11 is 0. The molecule has 6 N–H and O–H groups in total. The number of phenolic OH excluding ortho intramolecular Hbond substituents is 3. The summed E-state index contributed by atoms with van der Waals surface area (Å²) in [5.41, 5.74) is -0.590. The number of carboxylic acids is 1. The second-order valence-electron chi connectivity index (χ2n) is 7.93. The second-order valence-corrected chi connectivity index (χ2v) is 7.93. The van der Waals surface area contributed by atoms with E-state index in [1.807, 2.05) is 0 Å². The highest BCUT2D eigenvalue weighted by Crippen LogP contribution is 2.36. The molecular formula is C23H20O13. The molecule has 0 saturated carbocycles. The van der Waals surface area contributed by atoms with E-state index in [1.165, 1.54) is 12.1 Å². The summed E-state index contributed by atoms with van der Waals surface area (Å²) in [7, 11) is 0. The lowest BCUT2D eigenvalue weighted by Crippen LogP contribution is -2.62. The Bertz CT molecular complexity index is 1390. The summed E-state index contributed by atoms with van der Waals surface area (Å²) in [6, 6.07) is 6.83. The van der Waals surface area contributed by atoms with E-state index in [-0.39, 0.29) is 33.8 Å².